The number of aromatic nitrogens is 1. The van der Waals surface area contributed by atoms with Gasteiger partial charge in [0.05, 0.1) is 20.1 Å². The lowest BCUT2D eigenvalue weighted by Gasteiger charge is -2.36. The molecule has 0 aliphatic carbocycles. The number of pyridine rings is 1. The highest BCUT2D eigenvalue weighted by Gasteiger charge is 2.37. The molecule has 0 amide bonds. The summed E-state index contributed by atoms with van der Waals surface area (Å²) in [6.45, 7) is 11.1. The minimum Gasteiger partial charge on any atom is -0.469 e. The lowest BCUT2D eigenvalue weighted by Crippen LogP contribution is -2.40. The van der Waals surface area contributed by atoms with Crippen molar-refractivity contribution in [3.05, 3.63) is 41.5 Å². The monoisotopic (exact) mass is 363 g/mol. The minimum atomic E-state index is -1.95. The molecule has 2 rings (SSSR count). The molecule has 0 aliphatic heterocycles. The number of halogens is 1. The van der Waals surface area contributed by atoms with Gasteiger partial charge in [0.15, 0.2) is 8.32 Å². The molecule has 1 heterocycles. The average Bonchev–Trinajstić information content (AvgIpc) is 2.54. The first kappa shape index (κ1) is 19.5. The highest BCUT2D eigenvalue weighted by molar-refractivity contribution is 6.74. The maximum absolute atomic E-state index is 14.7. The van der Waals surface area contributed by atoms with Gasteiger partial charge in [0.25, 0.3) is 0 Å². The second-order valence-corrected chi connectivity index (χ2v) is 12.5. The standard InChI is InChI=1S/C19H26FNO3Si/c1-19(2,3)25(5,6)24-12-13-9-17(20)15(10-18(22)23-4)14-7-8-21-11-16(13)14/h7-9,11H,10,12H2,1-6H3. The number of esters is 1. The quantitative estimate of drug-likeness (QED) is 0.575. The van der Waals surface area contributed by atoms with Crippen molar-refractivity contribution in [1.29, 1.82) is 0 Å². The number of rotatable bonds is 5. The number of methoxy groups -OCH3 is 1. The van der Waals surface area contributed by atoms with Gasteiger partial charge in [-0.1, -0.05) is 20.8 Å². The number of nitrogens with zero attached hydrogens (tertiary/aromatic N) is 1. The van der Waals surface area contributed by atoms with Crippen molar-refractivity contribution in [3.63, 3.8) is 0 Å². The van der Waals surface area contributed by atoms with Crippen molar-refractivity contribution in [2.75, 3.05) is 7.11 Å². The van der Waals surface area contributed by atoms with E-state index in [0.29, 0.717) is 17.6 Å². The molecule has 0 N–H and O–H groups in total. The van der Waals surface area contributed by atoms with E-state index in [2.05, 4.69) is 43.6 Å². The van der Waals surface area contributed by atoms with Gasteiger partial charge in [0.2, 0.25) is 0 Å². The molecule has 2 aromatic rings. The number of benzene rings is 1. The molecule has 0 spiro atoms. The number of ether oxygens (including phenoxy) is 1. The number of fused-ring (bicyclic) bond motifs is 1. The van der Waals surface area contributed by atoms with Crippen molar-refractivity contribution in [2.45, 2.75) is 51.9 Å². The maximum atomic E-state index is 14.7. The fourth-order valence-corrected chi connectivity index (χ4v) is 3.30. The molecule has 0 saturated carbocycles. The summed E-state index contributed by atoms with van der Waals surface area (Å²) in [6, 6.07) is 3.18. The van der Waals surface area contributed by atoms with Crippen LogP contribution in [0.15, 0.2) is 24.5 Å². The Morgan fingerprint density at radius 1 is 1.28 bits per heavy atom. The van der Waals surface area contributed by atoms with E-state index in [1.165, 1.54) is 13.2 Å². The maximum Gasteiger partial charge on any atom is 0.310 e. The van der Waals surface area contributed by atoms with Crippen LogP contribution >= 0.6 is 0 Å². The van der Waals surface area contributed by atoms with E-state index >= 15 is 0 Å². The van der Waals surface area contributed by atoms with Gasteiger partial charge >= 0.3 is 5.97 Å². The molecule has 0 fully saturated rings. The van der Waals surface area contributed by atoms with Crippen LogP contribution in [0.1, 0.15) is 31.9 Å². The van der Waals surface area contributed by atoms with Gasteiger partial charge in [0.1, 0.15) is 5.82 Å². The van der Waals surface area contributed by atoms with E-state index in [-0.39, 0.29) is 11.5 Å². The first-order valence-corrected chi connectivity index (χ1v) is 11.2. The fraction of sp³-hybridized carbons (Fsp3) is 0.474. The molecule has 4 nitrogen and oxygen atoms in total. The predicted octanol–water partition coefficient (Wildman–Crippen LogP) is 4.61. The van der Waals surface area contributed by atoms with Gasteiger partial charge in [-0.3, -0.25) is 9.78 Å². The van der Waals surface area contributed by atoms with Crippen LogP contribution in [0.3, 0.4) is 0 Å². The normalized spacial score (nSPS) is 12.4. The van der Waals surface area contributed by atoms with Gasteiger partial charge in [-0.2, -0.15) is 0 Å². The van der Waals surface area contributed by atoms with Crippen molar-refractivity contribution in [1.82, 2.24) is 4.98 Å². The zero-order chi connectivity index (χ0) is 18.8. The second-order valence-electron chi connectivity index (χ2n) is 7.72. The fourth-order valence-electron chi connectivity index (χ4n) is 2.35. The molecular weight excluding hydrogens is 337 g/mol. The molecule has 6 heteroatoms. The highest BCUT2D eigenvalue weighted by atomic mass is 28.4. The van der Waals surface area contributed by atoms with Gasteiger partial charge in [-0.05, 0) is 41.2 Å². The van der Waals surface area contributed by atoms with E-state index in [4.69, 9.17) is 4.43 Å². The van der Waals surface area contributed by atoms with E-state index in [0.717, 1.165) is 10.9 Å². The third kappa shape index (κ3) is 4.25. The SMILES string of the molecule is COC(=O)Cc1c(F)cc(CO[Si](C)(C)C(C)(C)C)c2cnccc12. The zero-order valence-electron chi connectivity index (χ0n) is 15.8. The summed E-state index contributed by atoms with van der Waals surface area (Å²) in [7, 11) is -0.658. The first-order chi connectivity index (χ1) is 11.6. The minimum absolute atomic E-state index is 0.0738. The summed E-state index contributed by atoms with van der Waals surface area (Å²) >= 11 is 0. The molecule has 0 unspecified atom stereocenters. The van der Waals surface area contributed by atoms with Crippen molar-refractivity contribution < 1.29 is 18.3 Å². The van der Waals surface area contributed by atoms with Crippen LogP contribution in [0.25, 0.3) is 10.8 Å². The van der Waals surface area contributed by atoms with Gasteiger partial charge in [-0.15, -0.1) is 0 Å². The Hall–Kier alpha value is -1.79. The van der Waals surface area contributed by atoms with Crippen LogP contribution in [0, 0.1) is 5.82 Å². The Kier molecular flexibility index (Phi) is 5.64. The van der Waals surface area contributed by atoms with Crippen LogP contribution in [-0.2, 0) is 27.0 Å². The van der Waals surface area contributed by atoms with Gasteiger partial charge in [0, 0.05) is 23.3 Å². The summed E-state index contributed by atoms with van der Waals surface area (Å²) in [5, 5.41) is 1.56. The molecule has 0 atom stereocenters. The molecule has 0 radical (unpaired) electrons. The predicted molar refractivity (Wildman–Crippen MR) is 99.4 cm³/mol. The molecular formula is C19H26FNO3Si. The second kappa shape index (κ2) is 7.21. The summed E-state index contributed by atoms with van der Waals surface area (Å²) in [6.07, 6.45) is 3.19. The van der Waals surface area contributed by atoms with E-state index in [1.54, 1.807) is 18.5 Å². The smallest absolute Gasteiger partial charge is 0.310 e. The number of carbonyl (C=O) groups is 1. The lowest BCUT2D eigenvalue weighted by molar-refractivity contribution is -0.139. The molecule has 25 heavy (non-hydrogen) atoms. The first-order valence-electron chi connectivity index (χ1n) is 8.31. The third-order valence-corrected chi connectivity index (χ3v) is 9.50. The van der Waals surface area contributed by atoms with Gasteiger partial charge < -0.3 is 9.16 Å². The molecule has 0 bridgehead atoms. The zero-order valence-corrected chi connectivity index (χ0v) is 16.8. The topological polar surface area (TPSA) is 48.4 Å². The number of hydrogen-bond donors (Lipinski definition) is 0. The Bertz CT molecular complexity index is 784. The van der Waals surface area contributed by atoms with Gasteiger partial charge in [-0.25, -0.2) is 4.39 Å². The van der Waals surface area contributed by atoms with Crippen molar-refractivity contribution in [3.8, 4) is 0 Å². The van der Waals surface area contributed by atoms with Crippen LogP contribution in [0.2, 0.25) is 18.1 Å². The van der Waals surface area contributed by atoms with Crippen LogP contribution in [0.5, 0.6) is 0 Å². The highest BCUT2D eigenvalue weighted by Crippen LogP contribution is 2.37. The number of carbonyl (C=O) groups excluding carboxylic acids is 1. The van der Waals surface area contributed by atoms with E-state index in [9.17, 15) is 9.18 Å². The lowest BCUT2D eigenvalue weighted by atomic mass is 9.99. The summed E-state index contributed by atoms with van der Waals surface area (Å²) in [5.74, 6) is -0.889. The third-order valence-electron chi connectivity index (χ3n) is 5.02. The van der Waals surface area contributed by atoms with Crippen molar-refractivity contribution >= 4 is 25.1 Å². The summed E-state index contributed by atoms with van der Waals surface area (Å²) < 4.78 is 25.6. The van der Waals surface area contributed by atoms with E-state index < -0.39 is 20.1 Å². The molecule has 136 valence electrons. The molecule has 0 saturated heterocycles. The van der Waals surface area contributed by atoms with E-state index in [1.807, 2.05) is 0 Å². The molecule has 1 aromatic carbocycles. The Balaban J connectivity index is 2.43. The Morgan fingerprint density at radius 3 is 2.56 bits per heavy atom. The average molecular weight is 364 g/mol. The summed E-state index contributed by atoms with van der Waals surface area (Å²) in [5.41, 5.74) is 1.08. The van der Waals surface area contributed by atoms with Crippen LogP contribution < -0.4 is 0 Å². The molecule has 0 aliphatic rings. The largest absolute Gasteiger partial charge is 0.469 e. The van der Waals surface area contributed by atoms with Crippen molar-refractivity contribution in [2.24, 2.45) is 0 Å². The van der Waals surface area contributed by atoms with Crippen LogP contribution in [-0.4, -0.2) is 26.4 Å². The number of hydrogen-bond acceptors (Lipinski definition) is 4. The Morgan fingerprint density at radius 2 is 1.96 bits per heavy atom. The Labute approximate surface area is 149 Å². The molecule has 1 aromatic heterocycles. The van der Waals surface area contributed by atoms with Crippen LogP contribution in [0.4, 0.5) is 4.39 Å². The summed E-state index contributed by atoms with van der Waals surface area (Å²) in [4.78, 5) is 15.8.